The molecule has 0 aliphatic rings. The number of esters is 1. The van der Waals surface area contributed by atoms with E-state index in [1.54, 1.807) is 18.2 Å². The first-order valence-electron chi connectivity index (χ1n) is 7.59. The molecule has 6 nitrogen and oxygen atoms in total. The number of carbonyl (C=O) groups excluding carboxylic acids is 1. The molecule has 0 aromatic heterocycles. The van der Waals surface area contributed by atoms with Crippen molar-refractivity contribution in [2.24, 2.45) is 0 Å². The van der Waals surface area contributed by atoms with Gasteiger partial charge in [0.15, 0.2) is 5.57 Å². The van der Waals surface area contributed by atoms with Crippen LogP contribution < -0.4 is 14.8 Å². The number of hydrogen-bond donors (Lipinski definition) is 1. The zero-order valence-corrected chi connectivity index (χ0v) is 13.8. The molecule has 0 aliphatic heterocycles. The standard InChI is InChI=1S/C19H18N2O4/c1-23-19(22)15(13-20)14-21-17-9-5-6-10-18(17)25-12-11-24-16-7-3-2-4-8-16/h2-10,14,21H,11-12H2,1H3/b15-14+. The van der Waals surface area contributed by atoms with Crippen molar-refractivity contribution in [3.63, 3.8) is 0 Å². The minimum Gasteiger partial charge on any atom is -0.490 e. The summed E-state index contributed by atoms with van der Waals surface area (Å²) in [6.07, 6.45) is 1.29. The molecular formula is C19H18N2O4. The molecule has 2 aromatic carbocycles. The van der Waals surface area contributed by atoms with Crippen molar-refractivity contribution in [3.8, 4) is 17.6 Å². The highest BCUT2D eigenvalue weighted by Crippen LogP contribution is 2.24. The number of carbonyl (C=O) groups is 1. The van der Waals surface area contributed by atoms with E-state index in [1.165, 1.54) is 13.3 Å². The normalized spacial score (nSPS) is 10.5. The van der Waals surface area contributed by atoms with E-state index in [0.29, 0.717) is 24.7 Å². The lowest BCUT2D eigenvalue weighted by Gasteiger charge is -2.12. The quantitative estimate of drug-likeness (QED) is 0.345. The fourth-order valence-electron chi connectivity index (χ4n) is 1.94. The lowest BCUT2D eigenvalue weighted by Crippen LogP contribution is -2.10. The summed E-state index contributed by atoms with van der Waals surface area (Å²) in [6, 6.07) is 18.4. The number of nitriles is 1. The van der Waals surface area contributed by atoms with E-state index in [4.69, 9.17) is 14.7 Å². The summed E-state index contributed by atoms with van der Waals surface area (Å²) in [4.78, 5) is 11.4. The number of anilines is 1. The Morgan fingerprint density at radius 2 is 1.76 bits per heavy atom. The van der Waals surface area contributed by atoms with Crippen LogP contribution in [0.2, 0.25) is 0 Å². The lowest BCUT2D eigenvalue weighted by atomic mass is 10.2. The number of methoxy groups -OCH3 is 1. The number of benzene rings is 2. The van der Waals surface area contributed by atoms with Gasteiger partial charge in [-0.25, -0.2) is 4.79 Å². The first-order valence-corrected chi connectivity index (χ1v) is 7.59. The molecule has 0 aliphatic carbocycles. The Labute approximate surface area is 146 Å². The summed E-state index contributed by atoms with van der Waals surface area (Å²) in [7, 11) is 1.22. The number of ether oxygens (including phenoxy) is 3. The zero-order chi connectivity index (χ0) is 17.9. The van der Waals surface area contributed by atoms with Crippen LogP contribution in [0.5, 0.6) is 11.5 Å². The molecule has 0 unspecified atom stereocenters. The second-order valence-electron chi connectivity index (χ2n) is 4.81. The maximum atomic E-state index is 11.4. The van der Waals surface area contributed by atoms with Crippen LogP contribution in [0, 0.1) is 11.3 Å². The minimum absolute atomic E-state index is 0.135. The van der Waals surface area contributed by atoms with Crippen molar-refractivity contribution in [2.75, 3.05) is 25.6 Å². The van der Waals surface area contributed by atoms with Gasteiger partial charge in [0, 0.05) is 6.20 Å². The number of nitrogens with zero attached hydrogens (tertiary/aromatic N) is 1. The Balaban J connectivity index is 1.92. The van der Waals surface area contributed by atoms with Gasteiger partial charge in [-0.2, -0.15) is 5.26 Å². The summed E-state index contributed by atoms with van der Waals surface area (Å²) < 4.78 is 15.8. The first kappa shape index (κ1) is 17.9. The molecule has 6 heteroatoms. The molecular weight excluding hydrogens is 320 g/mol. The highest BCUT2D eigenvalue weighted by Gasteiger charge is 2.09. The van der Waals surface area contributed by atoms with Gasteiger partial charge < -0.3 is 19.5 Å². The van der Waals surface area contributed by atoms with E-state index in [2.05, 4.69) is 10.1 Å². The third-order valence-corrected chi connectivity index (χ3v) is 3.14. The molecule has 2 rings (SSSR count). The minimum atomic E-state index is -0.704. The molecule has 0 saturated carbocycles. The van der Waals surface area contributed by atoms with Gasteiger partial charge in [-0.1, -0.05) is 30.3 Å². The van der Waals surface area contributed by atoms with E-state index in [0.717, 1.165) is 5.75 Å². The van der Waals surface area contributed by atoms with Crippen LogP contribution in [0.3, 0.4) is 0 Å². The van der Waals surface area contributed by atoms with Crippen LogP contribution in [-0.4, -0.2) is 26.3 Å². The molecule has 128 valence electrons. The molecule has 0 saturated heterocycles. The number of nitrogens with one attached hydrogen (secondary N) is 1. The third kappa shape index (κ3) is 5.59. The van der Waals surface area contributed by atoms with E-state index in [-0.39, 0.29) is 5.57 Å². The number of para-hydroxylation sites is 3. The second kappa shape index (κ2) is 9.63. The van der Waals surface area contributed by atoms with Crippen LogP contribution >= 0.6 is 0 Å². The van der Waals surface area contributed by atoms with Crippen LogP contribution in [0.25, 0.3) is 0 Å². The summed E-state index contributed by atoms with van der Waals surface area (Å²) in [5.74, 6) is 0.652. The van der Waals surface area contributed by atoms with Crippen molar-refractivity contribution in [1.82, 2.24) is 0 Å². The predicted octanol–water partition coefficient (Wildman–Crippen LogP) is 3.14. The highest BCUT2D eigenvalue weighted by molar-refractivity contribution is 5.93. The summed E-state index contributed by atoms with van der Waals surface area (Å²) in [5, 5.41) is 11.8. The topological polar surface area (TPSA) is 80.6 Å². The molecule has 0 spiro atoms. The lowest BCUT2D eigenvalue weighted by molar-refractivity contribution is -0.135. The Kier molecular flexibility index (Phi) is 6.89. The van der Waals surface area contributed by atoms with Crippen LogP contribution in [0.1, 0.15) is 0 Å². The molecule has 0 atom stereocenters. The van der Waals surface area contributed by atoms with Crippen molar-refractivity contribution >= 4 is 11.7 Å². The van der Waals surface area contributed by atoms with Crippen LogP contribution in [0.15, 0.2) is 66.4 Å². The van der Waals surface area contributed by atoms with Gasteiger partial charge in [0.25, 0.3) is 0 Å². The third-order valence-electron chi connectivity index (χ3n) is 3.14. The molecule has 1 N–H and O–H groups in total. The monoisotopic (exact) mass is 338 g/mol. The van der Waals surface area contributed by atoms with E-state index >= 15 is 0 Å². The fourth-order valence-corrected chi connectivity index (χ4v) is 1.94. The van der Waals surface area contributed by atoms with Gasteiger partial charge in [-0.05, 0) is 24.3 Å². The molecule has 0 heterocycles. The van der Waals surface area contributed by atoms with Gasteiger partial charge in [0.1, 0.15) is 30.8 Å². The summed E-state index contributed by atoms with van der Waals surface area (Å²) >= 11 is 0. The molecule has 25 heavy (non-hydrogen) atoms. The molecule has 2 aromatic rings. The van der Waals surface area contributed by atoms with Crippen molar-refractivity contribution in [3.05, 3.63) is 66.4 Å². The summed E-state index contributed by atoms with van der Waals surface area (Å²) in [5.41, 5.74) is 0.489. The fraction of sp³-hybridized carbons (Fsp3) is 0.158. The number of rotatable bonds is 8. The SMILES string of the molecule is COC(=O)/C(C#N)=C/Nc1ccccc1OCCOc1ccccc1. The Bertz CT molecular complexity index is 766. The molecule has 0 radical (unpaired) electrons. The van der Waals surface area contributed by atoms with Gasteiger partial charge >= 0.3 is 5.97 Å². The Hall–Kier alpha value is -3.46. The Morgan fingerprint density at radius 3 is 2.48 bits per heavy atom. The highest BCUT2D eigenvalue weighted by atomic mass is 16.5. The molecule has 0 bridgehead atoms. The average Bonchev–Trinajstić information content (AvgIpc) is 2.67. The van der Waals surface area contributed by atoms with Gasteiger partial charge in [-0.3, -0.25) is 0 Å². The number of hydrogen-bond acceptors (Lipinski definition) is 6. The average molecular weight is 338 g/mol. The van der Waals surface area contributed by atoms with Crippen molar-refractivity contribution in [1.29, 1.82) is 5.26 Å². The van der Waals surface area contributed by atoms with Crippen molar-refractivity contribution in [2.45, 2.75) is 0 Å². The van der Waals surface area contributed by atoms with Crippen LogP contribution in [-0.2, 0) is 9.53 Å². The molecule has 0 fully saturated rings. The largest absolute Gasteiger partial charge is 0.490 e. The maximum absolute atomic E-state index is 11.4. The zero-order valence-electron chi connectivity index (χ0n) is 13.8. The Morgan fingerprint density at radius 1 is 1.08 bits per heavy atom. The maximum Gasteiger partial charge on any atom is 0.350 e. The van der Waals surface area contributed by atoms with E-state index in [1.807, 2.05) is 42.5 Å². The first-order chi connectivity index (χ1) is 12.2. The van der Waals surface area contributed by atoms with Crippen molar-refractivity contribution < 1.29 is 19.0 Å². The smallest absolute Gasteiger partial charge is 0.350 e. The predicted molar refractivity (Wildman–Crippen MR) is 93.2 cm³/mol. The van der Waals surface area contributed by atoms with Gasteiger partial charge in [0.2, 0.25) is 0 Å². The second-order valence-corrected chi connectivity index (χ2v) is 4.81. The van der Waals surface area contributed by atoms with Gasteiger partial charge in [0.05, 0.1) is 12.8 Å². The summed E-state index contributed by atoms with van der Waals surface area (Å²) in [6.45, 7) is 0.735. The van der Waals surface area contributed by atoms with E-state index in [9.17, 15) is 4.79 Å². The van der Waals surface area contributed by atoms with Gasteiger partial charge in [-0.15, -0.1) is 0 Å². The van der Waals surface area contributed by atoms with E-state index < -0.39 is 5.97 Å². The molecule has 0 amide bonds. The van der Waals surface area contributed by atoms with Crippen LogP contribution in [0.4, 0.5) is 5.69 Å².